The third kappa shape index (κ3) is 4.65. The number of amides is 2. The molecule has 6 nitrogen and oxygen atoms in total. The Kier molecular flexibility index (Phi) is 5.74. The van der Waals surface area contributed by atoms with E-state index >= 15 is 0 Å². The fourth-order valence-corrected chi connectivity index (χ4v) is 2.20. The minimum atomic E-state index is -2.72. The lowest BCUT2D eigenvalue weighted by atomic mass is 9.95. The molecule has 0 radical (unpaired) electrons. The summed E-state index contributed by atoms with van der Waals surface area (Å²) in [5.41, 5.74) is 0.274. The van der Waals surface area contributed by atoms with E-state index in [0.29, 0.717) is 15.8 Å². The molecule has 1 aromatic carbocycles. The third-order valence-corrected chi connectivity index (χ3v) is 3.73. The first-order chi connectivity index (χ1) is 12.1. The van der Waals surface area contributed by atoms with Gasteiger partial charge in [-0.15, -0.1) is 0 Å². The molecule has 0 atom stereocenters. The highest BCUT2D eigenvalue weighted by molar-refractivity contribution is 5.98. The quantitative estimate of drug-likeness (QED) is 0.882. The van der Waals surface area contributed by atoms with Crippen LogP contribution >= 0.6 is 0 Å². The predicted molar refractivity (Wildman–Crippen MR) is 93.8 cm³/mol. The van der Waals surface area contributed by atoms with Crippen molar-refractivity contribution in [3.05, 3.63) is 48.0 Å². The van der Waals surface area contributed by atoms with Crippen LogP contribution in [-0.4, -0.2) is 33.3 Å². The van der Waals surface area contributed by atoms with Crippen molar-refractivity contribution in [1.82, 2.24) is 14.5 Å². The van der Waals surface area contributed by atoms with Gasteiger partial charge in [-0.1, -0.05) is 26.8 Å². The first-order valence-corrected chi connectivity index (χ1v) is 8.06. The molecule has 0 spiro atoms. The van der Waals surface area contributed by atoms with Crippen LogP contribution in [0.25, 0.3) is 0 Å². The first-order valence-electron chi connectivity index (χ1n) is 8.06. The summed E-state index contributed by atoms with van der Waals surface area (Å²) >= 11 is 0. The molecule has 1 aromatic heterocycles. The van der Waals surface area contributed by atoms with Gasteiger partial charge in [-0.2, -0.15) is 8.78 Å². The van der Waals surface area contributed by atoms with Crippen LogP contribution in [0, 0.1) is 5.41 Å². The molecule has 2 rings (SSSR count). The molecule has 0 fully saturated rings. The molecule has 0 aliphatic rings. The Hall–Kier alpha value is -2.77. The second kappa shape index (κ2) is 7.63. The molecule has 0 aliphatic carbocycles. The van der Waals surface area contributed by atoms with Crippen molar-refractivity contribution in [2.45, 2.75) is 33.9 Å². The molecule has 1 heterocycles. The first kappa shape index (κ1) is 19.6. The normalized spacial score (nSPS) is 11.5. The van der Waals surface area contributed by atoms with Crippen molar-refractivity contribution in [3.8, 4) is 0 Å². The van der Waals surface area contributed by atoms with E-state index in [4.69, 9.17) is 0 Å². The van der Waals surface area contributed by atoms with Gasteiger partial charge in [0, 0.05) is 36.1 Å². The van der Waals surface area contributed by atoms with Crippen molar-refractivity contribution in [2.75, 3.05) is 12.4 Å². The molecule has 0 saturated carbocycles. The maximum absolute atomic E-state index is 12.9. The van der Waals surface area contributed by atoms with Crippen LogP contribution in [0.5, 0.6) is 0 Å². The fourth-order valence-electron chi connectivity index (χ4n) is 2.20. The summed E-state index contributed by atoms with van der Waals surface area (Å²) in [5.74, 6) is -0.442. The monoisotopic (exact) mass is 364 g/mol. The van der Waals surface area contributed by atoms with Gasteiger partial charge in [-0.25, -0.2) is 4.98 Å². The highest BCUT2D eigenvalue weighted by atomic mass is 19.3. The number of hydrogen-bond acceptors (Lipinski definition) is 3. The maximum Gasteiger partial charge on any atom is 0.319 e. The third-order valence-electron chi connectivity index (χ3n) is 3.73. The molecule has 8 heteroatoms. The van der Waals surface area contributed by atoms with Crippen molar-refractivity contribution >= 4 is 17.5 Å². The van der Waals surface area contributed by atoms with E-state index in [9.17, 15) is 18.4 Å². The van der Waals surface area contributed by atoms with E-state index in [1.807, 2.05) is 0 Å². The zero-order chi connectivity index (χ0) is 19.5. The number of alkyl halides is 2. The Bertz CT molecular complexity index is 796. The number of imidazole rings is 1. The minimum Gasteiger partial charge on any atom is -0.334 e. The maximum atomic E-state index is 12.9. The molecule has 0 unspecified atom stereocenters. The molecule has 140 valence electrons. The number of hydrogen-bond donors (Lipinski definition) is 1. The summed E-state index contributed by atoms with van der Waals surface area (Å²) in [4.78, 5) is 29.8. The zero-order valence-corrected chi connectivity index (χ0v) is 15.2. The SMILES string of the molecule is CN(Cc1nccn1C(F)F)C(=O)c1cccc(NC(=O)C(C)(C)C)c1. The van der Waals surface area contributed by atoms with Gasteiger partial charge >= 0.3 is 6.55 Å². The standard InChI is InChI=1S/C18H22F2N4O2/c1-18(2,3)16(26)22-13-7-5-6-12(10-13)15(25)23(4)11-14-21-8-9-24(14)17(19)20/h5-10,17H,11H2,1-4H3,(H,22,26). The number of aromatic nitrogens is 2. The second-order valence-electron chi connectivity index (χ2n) is 6.97. The van der Waals surface area contributed by atoms with E-state index in [0.717, 1.165) is 0 Å². The van der Waals surface area contributed by atoms with Crippen LogP contribution in [0.1, 0.15) is 43.5 Å². The van der Waals surface area contributed by atoms with Gasteiger partial charge < -0.3 is 10.2 Å². The van der Waals surface area contributed by atoms with Crippen LogP contribution in [0.15, 0.2) is 36.7 Å². The van der Waals surface area contributed by atoms with Crippen LogP contribution in [0.2, 0.25) is 0 Å². The molecular weight excluding hydrogens is 342 g/mol. The van der Waals surface area contributed by atoms with Crippen molar-refractivity contribution < 1.29 is 18.4 Å². The summed E-state index contributed by atoms with van der Waals surface area (Å²) in [7, 11) is 1.51. The van der Waals surface area contributed by atoms with E-state index < -0.39 is 12.0 Å². The molecule has 1 N–H and O–H groups in total. The number of carbonyl (C=O) groups is 2. The predicted octanol–water partition coefficient (Wildman–Crippen LogP) is 3.54. The molecule has 2 amide bonds. The molecule has 2 aromatic rings. The Labute approximate surface area is 150 Å². The topological polar surface area (TPSA) is 67.2 Å². The lowest BCUT2D eigenvalue weighted by molar-refractivity contribution is -0.123. The van der Waals surface area contributed by atoms with Gasteiger partial charge in [0.1, 0.15) is 5.82 Å². The molecule has 0 aliphatic heterocycles. The smallest absolute Gasteiger partial charge is 0.319 e. The second-order valence-corrected chi connectivity index (χ2v) is 6.97. The number of anilines is 1. The van der Waals surface area contributed by atoms with Crippen LogP contribution < -0.4 is 5.32 Å². The van der Waals surface area contributed by atoms with Crippen LogP contribution in [0.3, 0.4) is 0 Å². The number of nitrogens with zero attached hydrogens (tertiary/aromatic N) is 3. The zero-order valence-electron chi connectivity index (χ0n) is 15.2. The lowest BCUT2D eigenvalue weighted by Crippen LogP contribution is -2.29. The lowest BCUT2D eigenvalue weighted by Gasteiger charge is -2.19. The van der Waals surface area contributed by atoms with Gasteiger partial charge in [0.25, 0.3) is 5.91 Å². The van der Waals surface area contributed by atoms with Crippen LogP contribution in [0.4, 0.5) is 14.5 Å². The molecule has 26 heavy (non-hydrogen) atoms. The number of carbonyl (C=O) groups excluding carboxylic acids is 2. The van der Waals surface area contributed by atoms with Gasteiger partial charge in [0.05, 0.1) is 6.54 Å². The van der Waals surface area contributed by atoms with Crippen LogP contribution in [-0.2, 0) is 11.3 Å². The molecular formula is C18H22F2N4O2. The molecule has 0 bridgehead atoms. The Morgan fingerprint density at radius 3 is 2.62 bits per heavy atom. The molecule has 0 saturated heterocycles. The average molecular weight is 364 g/mol. The van der Waals surface area contributed by atoms with E-state index in [1.165, 1.54) is 24.3 Å². The number of halogens is 2. The fraction of sp³-hybridized carbons (Fsp3) is 0.389. The van der Waals surface area contributed by atoms with E-state index in [1.54, 1.807) is 45.0 Å². The summed E-state index contributed by atoms with van der Waals surface area (Å²) in [6, 6.07) is 6.50. The Morgan fingerprint density at radius 1 is 1.31 bits per heavy atom. The summed E-state index contributed by atoms with van der Waals surface area (Å²) in [6.45, 7) is 2.59. The average Bonchev–Trinajstić information content (AvgIpc) is 3.01. The minimum absolute atomic E-state index is 0.0608. The Balaban J connectivity index is 2.12. The summed E-state index contributed by atoms with van der Waals surface area (Å²) in [6.07, 6.45) is 2.43. The van der Waals surface area contributed by atoms with Crippen molar-refractivity contribution in [1.29, 1.82) is 0 Å². The number of benzene rings is 1. The van der Waals surface area contributed by atoms with Gasteiger partial charge in [0.15, 0.2) is 0 Å². The van der Waals surface area contributed by atoms with E-state index in [2.05, 4.69) is 10.3 Å². The summed E-state index contributed by atoms with van der Waals surface area (Å²) < 4.78 is 26.5. The van der Waals surface area contributed by atoms with Crippen molar-refractivity contribution in [3.63, 3.8) is 0 Å². The largest absolute Gasteiger partial charge is 0.334 e. The van der Waals surface area contributed by atoms with E-state index in [-0.39, 0.29) is 24.2 Å². The highest BCUT2D eigenvalue weighted by Crippen LogP contribution is 2.19. The number of nitrogens with one attached hydrogen (secondary N) is 1. The highest BCUT2D eigenvalue weighted by Gasteiger charge is 2.22. The Morgan fingerprint density at radius 2 is 2.00 bits per heavy atom. The summed E-state index contributed by atoms with van der Waals surface area (Å²) in [5, 5.41) is 2.76. The van der Waals surface area contributed by atoms with Gasteiger partial charge in [0.2, 0.25) is 5.91 Å². The number of rotatable bonds is 5. The van der Waals surface area contributed by atoms with Gasteiger partial charge in [-0.3, -0.25) is 14.2 Å². The van der Waals surface area contributed by atoms with Crippen molar-refractivity contribution in [2.24, 2.45) is 5.41 Å². The van der Waals surface area contributed by atoms with Gasteiger partial charge in [-0.05, 0) is 18.2 Å².